The third-order valence-electron chi connectivity index (χ3n) is 4.09. The average Bonchev–Trinajstić information content (AvgIpc) is 2.71. The maximum absolute atomic E-state index is 12.0. The molecule has 0 aliphatic rings. The number of aliphatic hydroxyl groups is 1. The first-order valence-electron chi connectivity index (χ1n) is 8.28. The number of nitro benzene ring substituents is 1. The van der Waals surface area contributed by atoms with Crippen molar-refractivity contribution in [2.45, 2.75) is 19.1 Å². The average molecular weight is 381 g/mol. The van der Waals surface area contributed by atoms with Gasteiger partial charge < -0.3 is 9.84 Å². The minimum atomic E-state index is -1.15. The molecule has 1 unspecified atom stereocenters. The molecule has 3 rings (SSSR count). The van der Waals surface area contributed by atoms with Gasteiger partial charge in [-0.15, -0.1) is 4.91 Å². The summed E-state index contributed by atoms with van der Waals surface area (Å²) in [6.07, 6.45) is -1.49. The highest BCUT2D eigenvalue weighted by Crippen LogP contribution is 2.26. The molecular weight excluding hydrogens is 366 g/mol. The second-order valence-corrected chi connectivity index (χ2v) is 5.97. The largest absolute Gasteiger partial charge is 0.461 e. The van der Waals surface area contributed by atoms with E-state index in [0.29, 0.717) is 11.2 Å². The minimum absolute atomic E-state index is 0.182. The summed E-state index contributed by atoms with van der Waals surface area (Å²) in [5.41, 5.74) is 0.787. The van der Waals surface area contributed by atoms with Crippen molar-refractivity contribution in [1.29, 1.82) is 0 Å². The number of ether oxygens (including phenoxy) is 1. The Hall–Kier alpha value is -3.72. The molecule has 0 aliphatic heterocycles. The topological polar surface area (TPSA) is 132 Å². The highest BCUT2D eigenvalue weighted by Gasteiger charge is 2.17. The first-order chi connectivity index (χ1) is 13.5. The molecule has 3 aromatic rings. The molecule has 9 nitrogen and oxygen atoms in total. The quantitative estimate of drug-likeness (QED) is 0.285. The van der Waals surface area contributed by atoms with Crippen molar-refractivity contribution in [3.63, 3.8) is 0 Å². The molecule has 28 heavy (non-hydrogen) atoms. The first kappa shape index (κ1) is 19.1. The van der Waals surface area contributed by atoms with Crippen LogP contribution in [-0.4, -0.2) is 21.0 Å². The molecule has 0 aliphatic carbocycles. The predicted octanol–water partition coefficient (Wildman–Crippen LogP) is 3.71. The van der Waals surface area contributed by atoms with Gasteiger partial charge in [-0.3, -0.25) is 19.9 Å². The van der Waals surface area contributed by atoms with Gasteiger partial charge in [0.05, 0.1) is 22.6 Å². The maximum Gasteiger partial charge on any atom is 0.309 e. The monoisotopic (exact) mass is 381 g/mol. The number of hydrogen-bond acceptors (Lipinski definition) is 8. The fourth-order valence-electron chi connectivity index (χ4n) is 2.62. The number of benzene rings is 2. The van der Waals surface area contributed by atoms with E-state index in [0.717, 1.165) is 11.5 Å². The number of carbonyl (C=O) groups is 1. The number of non-ortho nitro benzene ring substituents is 1. The van der Waals surface area contributed by atoms with E-state index < -0.39 is 17.0 Å². The van der Waals surface area contributed by atoms with Crippen LogP contribution in [0.25, 0.3) is 10.9 Å². The molecule has 2 aromatic carbocycles. The maximum atomic E-state index is 12.0. The molecule has 0 spiro atoms. The smallest absolute Gasteiger partial charge is 0.309 e. The van der Waals surface area contributed by atoms with Crippen LogP contribution in [0.3, 0.4) is 0 Å². The third-order valence-corrected chi connectivity index (χ3v) is 4.09. The van der Waals surface area contributed by atoms with Gasteiger partial charge in [-0.25, -0.2) is 0 Å². The summed E-state index contributed by atoms with van der Waals surface area (Å²) in [5, 5.41) is 24.6. The molecular formula is C19H15N3O6. The molecule has 0 saturated heterocycles. The van der Waals surface area contributed by atoms with Crippen LogP contribution in [0.2, 0.25) is 0 Å². The van der Waals surface area contributed by atoms with E-state index in [2.05, 4.69) is 10.2 Å². The second kappa shape index (κ2) is 8.31. The van der Waals surface area contributed by atoms with Crippen molar-refractivity contribution in [1.82, 2.24) is 4.98 Å². The van der Waals surface area contributed by atoms with Crippen molar-refractivity contribution in [3.8, 4) is 0 Å². The summed E-state index contributed by atoms with van der Waals surface area (Å²) in [4.78, 5) is 37.3. The molecule has 1 aromatic heterocycles. The van der Waals surface area contributed by atoms with Crippen LogP contribution >= 0.6 is 0 Å². The highest BCUT2D eigenvalue weighted by atomic mass is 16.6. The van der Waals surface area contributed by atoms with Gasteiger partial charge in [-0.2, -0.15) is 0 Å². The van der Waals surface area contributed by atoms with E-state index in [1.807, 2.05) is 18.2 Å². The Labute approximate surface area is 158 Å². The number of carbonyl (C=O) groups excluding carboxylic acids is 1. The SMILES string of the molecule is O=Nc1cc([N+](=O)[O-])ccc1COC(=O)CC(O)c1ccc2ccccc2n1. The summed E-state index contributed by atoms with van der Waals surface area (Å²) in [6, 6.07) is 14.3. The van der Waals surface area contributed by atoms with E-state index in [1.54, 1.807) is 18.2 Å². The Morgan fingerprint density at radius 2 is 2.00 bits per heavy atom. The highest BCUT2D eigenvalue weighted by molar-refractivity contribution is 5.78. The Kier molecular flexibility index (Phi) is 5.66. The number of aromatic nitrogens is 1. The van der Waals surface area contributed by atoms with Gasteiger partial charge in [0.25, 0.3) is 5.69 Å². The van der Waals surface area contributed by atoms with Crippen molar-refractivity contribution in [2.75, 3.05) is 0 Å². The lowest BCUT2D eigenvalue weighted by atomic mass is 10.1. The number of nitro groups is 1. The van der Waals surface area contributed by atoms with E-state index in [9.17, 15) is 24.9 Å². The molecule has 1 heterocycles. The normalized spacial score (nSPS) is 11.8. The molecule has 0 radical (unpaired) electrons. The predicted molar refractivity (Wildman–Crippen MR) is 99.7 cm³/mol. The second-order valence-electron chi connectivity index (χ2n) is 5.97. The molecule has 142 valence electrons. The molecule has 0 saturated carbocycles. The summed E-state index contributed by atoms with van der Waals surface area (Å²) >= 11 is 0. The third kappa shape index (κ3) is 4.33. The van der Waals surface area contributed by atoms with Crippen LogP contribution in [0.5, 0.6) is 0 Å². The Morgan fingerprint density at radius 1 is 1.21 bits per heavy atom. The Balaban J connectivity index is 1.63. The lowest BCUT2D eigenvalue weighted by Gasteiger charge is -2.11. The number of aliphatic hydroxyl groups excluding tert-OH is 1. The van der Waals surface area contributed by atoms with Crippen LogP contribution in [0, 0.1) is 15.0 Å². The lowest BCUT2D eigenvalue weighted by Crippen LogP contribution is -2.11. The lowest BCUT2D eigenvalue weighted by molar-refractivity contribution is -0.384. The number of nitroso groups, excluding NO2 is 1. The van der Waals surface area contributed by atoms with Crippen molar-refractivity contribution in [3.05, 3.63) is 80.9 Å². The summed E-state index contributed by atoms with van der Waals surface area (Å²) < 4.78 is 5.06. The van der Waals surface area contributed by atoms with Gasteiger partial charge in [0.15, 0.2) is 0 Å². The minimum Gasteiger partial charge on any atom is -0.461 e. The summed E-state index contributed by atoms with van der Waals surface area (Å²) in [5.74, 6) is -0.710. The first-order valence-corrected chi connectivity index (χ1v) is 8.28. The van der Waals surface area contributed by atoms with E-state index in [1.165, 1.54) is 12.1 Å². The van der Waals surface area contributed by atoms with Crippen molar-refractivity contribution in [2.24, 2.45) is 5.18 Å². The molecule has 1 N–H and O–H groups in total. The van der Waals surface area contributed by atoms with Crippen LogP contribution in [0.1, 0.15) is 23.8 Å². The van der Waals surface area contributed by atoms with Gasteiger partial charge in [0.1, 0.15) is 18.4 Å². The van der Waals surface area contributed by atoms with E-state index in [4.69, 9.17) is 4.74 Å². The number of esters is 1. The van der Waals surface area contributed by atoms with Crippen LogP contribution in [-0.2, 0) is 16.1 Å². The number of fused-ring (bicyclic) bond motifs is 1. The van der Waals surface area contributed by atoms with E-state index in [-0.39, 0.29) is 30.0 Å². The zero-order valence-corrected chi connectivity index (χ0v) is 14.5. The number of nitrogens with zero attached hydrogens (tertiary/aromatic N) is 3. The van der Waals surface area contributed by atoms with Gasteiger partial charge in [-0.1, -0.05) is 24.3 Å². The fraction of sp³-hybridized carbons (Fsp3) is 0.158. The Morgan fingerprint density at radius 3 is 2.75 bits per heavy atom. The molecule has 0 fully saturated rings. The van der Waals surface area contributed by atoms with Crippen LogP contribution in [0.4, 0.5) is 11.4 Å². The summed E-state index contributed by atoms with van der Waals surface area (Å²) in [6.45, 7) is -0.296. The standard InChI is InChI=1S/C19H15N3O6/c23-18(16-8-6-12-3-1-2-4-15(12)20-16)10-19(24)28-11-13-5-7-14(22(26)27)9-17(13)21-25/h1-9,18,23H,10-11H2. The van der Waals surface area contributed by atoms with Crippen LogP contribution < -0.4 is 0 Å². The Bertz CT molecular complexity index is 1050. The number of hydrogen-bond donors (Lipinski definition) is 1. The van der Waals surface area contributed by atoms with Gasteiger partial charge in [0.2, 0.25) is 0 Å². The van der Waals surface area contributed by atoms with Gasteiger partial charge >= 0.3 is 5.97 Å². The molecule has 0 amide bonds. The fourth-order valence-corrected chi connectivity index (χ4v) is 2.62. The van der Waals surface area contributed by atoms with Gasteiger partial charge in [0, 0.05) is 23.1 Å². The summed E-state index contributed by atoms with van der Waals surface area (Å²) in [7, 11) is 0. The number of pyridine rings is 1. The van der Waals surface area contributed by atoms with Crippen molar-refractivity contribution >= 4 is 28.2 Å². The molecule has 1 atom stereocenters. The number of para-hydroxylation sites is 1. The number of rotatable bonds is 7. The molecule has 9 heteroatoms. The van der Waals surface area contributed by atoms with Crippen molar-refractivity contribution < 1.29 is 19.6 Å². The molecule has 0 bridgehead atoms. The van der Waals surface area contributed by atoms with Crippen LogP contribution in [0.15, 0.2) is 59.8 Å². The van der Waals surface area contributed by atoms with Gasteiger partial charge in [-0.05, 0) is 23.4 Å². The zero-order valence-electron chi connectivity index (χ0n) is 14.5. The van der Waals surface area contributed by atoms with E-state index >= 15 is 0 Å². The zero-order chi connectivity index (χ0) is 20.1.